The first-order chi connectivity index (χ1) is 9.53. The van der Waals surface area contributed by atoms with E-state index in [-0.39, 0.29) is 11.5 Å². The van der Waals surface area contributed by atoms with Gasteiger partial charge in [0, 0.05) is 5.41 Å². The molecule has 1 heteroatoms. The zero-order chi connectivity index (χ0) is 14.0. The average molecular weight is 270 g/mol. The number of aliphatic hydroxyl groups excluding tert-OH is 1. The third-order valence-electron chi connectivity index (χ3n) is 6.98. The van der Waals surface area contributed by atoms with Crippen LogP contribution in [0.3, 0.4) is 0 Å². The fraction of sp³-hybridized carbons (Fsp3) is 0.684. The molecule has 1 nitrogen and oxygen atoms in total. The molecule has 0 heterocycles. The quantitative estimate of drug-likeness (QED) is 0.652. The molecule has 0 spiro atoms. The SMILES string of the molecule is C[C@@]12C=CC[C@H]1[C@@H]1CCC3=C[C@@H](O)C=C[C@]3(C)[C@H]1CC2. The molecule has 0 bridgehead atoms. The Balaban J connectivity index is 1.70. The Bertz CT molecular complexity index is 514. The van der Waals surface area contributed by atoms with Crippen molar-refractivity contribution < 1.29 is 5.11 Å². The molecule has 0 unspecified atom stereocenters. The maximum Gasteiger partial charge on any atom is 0.0905 e. The minimum absolute atomic E-state index is 0.214. The summed E-state index contributed by atoms with van der Waals surface area (Å²) in [7, 11) is 0. The molecule has 20 heavy (non-hydrogen) atoms. The van der Waals surface area contributed by atoms with Gasteiger partial charge in [-0.3, -0.25) is 0 Å². The normalized spacial score (nSPS) is 53.0. The van der Waals surface area contributed by atoms with Crippen molar-refractivity contribution >= 4 is 0 Å². The van der Waals surface area contributed by atoms with Gasteiger partial charge in [0.05, 0.1) is 6.10 Å². The highest BCUT2D eigenvalue weighted by Gasteiger charge is 2.54. The zero-order valence-corrected chi connectivity index (χ0v) is 12.7. The van der Waals surface area contributed by atoms with Gasteiger partial charge in [-0.05, 0) is 55.3 Å². The molecule has 2 saturated carbocycles. The first-order valence-corrected chi connectivity index (χ1v) is 8.29. The predicted molar refractivity (Wildman–Crippen MR) is 82.1 cm³/mol. The number of allylic oxidation sites excluding steroid dienone is 4. The molecule has 0 aromatic carbocycles. The van der Waals surface area contributed by atoms with Crippen LogP contribution in [0.5, 0.6) is 0 Å². The average Bonchev–Trinajstić information content (AvgIpc) is 2.81. The van der Waals surface area contributed by atoms with E-state index in [0.29, 0.717) is 5.41 Å². The summed E-state index contributed by atoms with van der Waals surface area (Å²) in [4.78, 5) is 0. The molecule has 1 N–H and O–H groups in total. The molecule has 0 aromatic rings. The molecule has 4 rings (SSSR count). The van der Waals surface area contributed by atoms with Crippen molar-refractivity contribution in [3.8, 4) is 0 Å². The molecule has 108 valence electrons. The topological polar surface area (TPSA) is 20.2 Å². The Kier molecular flexibility index (Phi) is 2.64. The zero-order valence-electron chi connectivity index (χ0n) is 12.7. The van der Waals surface area contributed by atoms with Gasteiger partial charge in [0.25, 0.3) is 0 Å². The Morgan fingerprint density at radius 2 is 2.00 bits per heavy atom. The third kappa shape index (κ3) is 1.59. The van der Waals surface area contributed by atoms with E-state index in [1.807, 2.05) is 6.08 Å². The molecule has 2 fully saturated rings. The highest BCUT2D eigenvalue weighted by atomic mass is 16.3. The third-order valence-corrected chi connectivity index (χ3v) is 6.98. The number of fused-ring (bicyclic) bond motifs is 5. The van der Waals surface area contributed by atoms with Crippen molar-refractivity contribution in [2.24, 2.45) is 28.6 Å². The van der Waals surface area contributed by atoms with Gasteiger partial charge in [0.1, 0.15) is 0 Å². The largest absolute Gasteiger partial charge is 0.385 e. The Labute approximate surface area is 122 Å². The lowest BCUT2D eigenvalue weighted by molar-refractivity contribution is -0.00292. The van der Waals surface area contributed by atoms with Gasteiger partial charge in [-0.1, -0.05) is 49.8 Å². The Morgan fingerprint density at radius 3 is 2.85 bits per heavy atom. The van der Waals surface area contributed by atoms with Crippen molar-refractivity contribution in [1.29, 1.82) is 0 Å². The molecular formula is C19H26O. The van der Waals surface area contributed by atoms with Gasteiger partial charge < -0.3 is 5.11 Å². The van der Waals surface area contributed by atoms with Crippen LogP contribution in [-0.2, 0) is 0 Å². The van der Waals surface area contributed by atoms with E-state index in [2.05, 4.69) is 38.2 Å². The number of hydrogen-bond acceptors (Lipinski definition) is 1. The summed E-state index contributed by atoms with van der Waals surface area (Å²) < 4.78 is 0. The van der Waals surface area contributed by atoms with E-state index in [0.717, 1.165) is 17.8 Å². The minimum Gasteiger partial charge on any atom is -0.385 e. The van der Waals surface area contributed by atoms with Gasteiger partial charge in [-0.2, -0.15) is 0 Å². The summed E-state index contributed by atoms with van der Waals surface area (Å²) in [6, 6.07) is 0. The second-order valence-corrected chi connectivity index (χ2v) is 7.92. The van der Waals surface area contributed by atoms with Crippen LogP contribution < -0.4 is 0 Å². The van der Waals surface area contributed by atoms with Crippen LogP contribution in [0.1, 0.15) is 46.0 Å². The van der Waals surface area contributed by atoms with Gasteiger partial charge in [-0.15, -0.1) is 0 Å². The minimum atomic E-state index is -0.350. The molecule has 0 radical (unpaired) electrons. The van der Waals surface area contributed by atoms with Crippen molar-refractivity contribution in [2.45, 2.75) is 52.1 Å². The van der Waals surface area contributed by atoms with Crippen LogP contribution in [0.4, 0.5) is 0 Å². The first-order valence-electron chi connectivity index (χ1n) is 8.29. The van der Waals surface area contributed by atoms with Crippen LogP contribution in [-0.4, -0.2) is 11.2 Å². The van der Waals surface area contributed by atoms with Gasteiger partial charge in [0.15, 0.2) is 0 Å². The van der Waals surface area contributed by atoms with E-state index in [1.54, 1.807) is 0 Å². The molecule has 4 aliphatic carbocycles. The fourth-order valence-electron chi connectivity index (χ4n) is 5.80. The monoisotopic (exact) mass is 270 g/mol. The predicted octanol–water partition coefficient (Wildman–Crippen LogP) is 4.25. The van der Waals surface area contributed by atoms with Crippen LogP contribution in [0.15, 0.2) is 36.0 Å². The second kappa shape index (κ2) is 4.10. The van der Waals surface area contributed by atoms with Crippen molar-refractivity contribution in [1.82, 2.24) is 0 Å². The van der Waals surface area contributed by atoms with Crippen molar-refractivity contribution in [3.63, 3.8) is 0 Å². The molecular weight excluding hydrogens is 244 g/mol. The summed E-state index contributed by atoms with van der Waals surface area (Å²) in [5.41, 5.74) is 2.19. The summed E-state index contributed by atoms with van der Waals surface area (Å²) in [5, 5.41) is 9.88. The summed E-state index contributed by atoms with van der Waals surface area (Å²) in [6.45, 7) is 4.90. The van der Waals surface area contributed by atoms with Crippen LogP contribution >= 0.6 is 0 Å². The van der Waals surface area contributed by atoms with E-state index in [4.69, 9.17) is 0 Å². The van der Waals surface area contributed by atoms with Crippen LogP contribution in [0, 0.1) is 28.6 Å². The lowest BCUT2D eigenvalue weighted by atomic mass is 9.48. The number of rotatable bonds is 0. The molecule has 0 aromatic heterocycles. The summed E-state index contributed by atoms with van der Waals surface area (Å²) in [6.07, 6.45) is 17.5. The number of aliphatic hydroxyl groups is 1. The fourth-order valence-corrected chi connectivity index (χ4v) is 5.80. The van der Waals surface area contributed by atoms with Gasteiger partial charge >= 0.3 is 0 Å². The van der Waals surface area contributed by atoms with Crippen molar-refractivity contribution in [3.05, 3.63) is 36.0 Å². The lowest BCUT2D eigenvalue weighted by Crippen LogP contribution is -2.48. The van der Waals surface area contributed by atoms with Crippen molar-refractivity contribution in [2.75, 3.05) is 0 Å². The Morgan fingerprint density at radius 1 is 1.15 bits per heavy atom. The van der Waals surface area contributed by atoms with Gasteiger partial charge in [-0.25, -0.2) is 0 Å². The standard InChI is InChI=1S/C19H26O/c1-18-9-3-4-16(18)15-6-5-13-12-14(20)7-11-19(13,2)17(15)8-10-18/h3,7,9,11-12,14-17,20H,4-6,8,10H2,1-2H3/t14-,15-,16-,17-,18-,19-/m0/s1. The molecule has 0 aliphatic heterocycles. The summed E-state index contributed by atoms with van der Waals surface area (Å²) in [5.74, 6) is 2.51. The first kappa shape index (κ1) is 12.9. The van der Waals surface area contributed by atoms with E-state index >= 15 is 0 Å². The molecule has 0 saturated heterocycles. The highest BCUT2D eigenvalue weighted by molar-refractivity contribution is 5.34. The van der Waals surface area contributed by atoms with E-state index in [9.17, 15) is 5.11 Å². The molecule has 4 aliphatic rings. The van der Waals surface area contributed by atoms with E-state index < -0.39 is 0 Å². The Hall–Kier alpha value is -0.820. The van der Waals surface area contributed by atoms with Crippen LogP contribution in [0.25, 0.3) is 0 Å². The highest BCUT2D eigenvalue weighted by Crippen LogP contribution is 2.62. The lowest BCUT2D eigenvalue weighted by Gasteiger charge is -2.56. The molecule has 0 amide bonds. The van der Waals surface area contributed by atoms with Crippen LogP contribution in [0.2, 0.25) is 0 Å². The second-order valence-electron chi connectivity index (χ2n) is 7.92. The smallest absolute Gasteiger partial charge is 0.0905 e. The summed E-state index contributed by atoms with van der Waals surface area (Å²) >= 11 is 0. The maximum atomic E-state index is 9.88. The number of hydrogen-bond donors (Lipinski definition) is 1. The molecule has 6 atom stereocenters. The maximum absolute atomic E-state index is 9.88. The van der Waals surface area contributed by atoms with E-state index in [1.165, 1.54) is 37.7 Å². The van der Waals surface area contributed by atoms with Gasteiger partial charge in [0.2, 0.25) is 0 Å².